The van der Waals surface area contributed by atoms with Crippen LogP contribution in [0.5, 0.6) is 0 Å². The molecule has 1 N–H and O–H groups in total. The van der Waals surface area contributed by atoms with Gasteiger partial charge in [0.05, 0.1) is 17.4 Å². The van der Waals surface area contributed by atoms with Crippen molar-refractivity contribution in [3.8, 4) is 0 Å². The van der Waals surface area contributed by atoms with Crippen molar-refractivity contribution in [2.24, 2.45) is 0 Å². The molecule has 2 aromatic heterocycles. The standard InChI is InChI=1S/C9H7N3O2/c1-5-6(3-13)2-7-8(12-5)10-4-11-9(7)14/h2-4H,1H3,(H,10,11,12,14). The normalized spacial score (nSPS) is 10.4. The van der Waals surface area contributed by atoms with E-state index in [-0.39, 0.29) is 5.56 Å². The Bertz CT molecular complexity index is 559. The average molecular weight is 189 g/mol. The number of aldehydes is 1. The van der Waals surface area contributed by atoms with E-state index in [9.17, 15) is 9.59 Å². The number of carbonyl (C=O) groups is 1. The van der Waals surface area contributed by atoms with Crippen LogP contribution in [-0.4, -0.2) is 21.2 Å². The SMILES string of the molecule is Cc1nc2nc[nH]c(=O)c2cc1C=O. The third-order valence-corrected chi connectivity index (χ3v) is 1.99. The maximum absolute atomic E-state index is 11.3. The molecule has 0 radical (unpaired) electrons. The number of nitrogens with zero attached hydrogens (tertiary/aromatic N) is 2. The van der Waals surface area contributed by atoms with E-state index < -0.39 is 0 Å². The highest BCUT2D eigenvalue weighted by Crippen LogP contribution is 2.08. The molecule has 0 amide bonds. The van der Waals surface area contributed by atoms with E-state index in [4.69, 9.17) is 0 Å². The maximum Gasteiger partial charge on any atom is 0.260 e. The number of fused-ring (bicyclic) bond motifs is 1. The second-order valence-corrected chi connectivity index (χ2v) is 2.88. The van der Waals surface area contributed by atoms with Gasteiger partial charge in [0.25, 0.3) is 5.56 Å². The summed E-state index contributed by atoms with van der Waals surface area (Å²) in [4.78, 5) is 32.3. The minimum atomic E-state index is -0.286. The van der Waals surface area contributed by atoms with E-state index in [1.54, 1.807) is 6.92 Å². The second kappa shape index (κ2) is 3.02. The highest BCUT2D eigenvalue weighted by Gasteiger charge is 2.05. The summed E-state index contributed by atoms with van der Waals surface area (Å²) in [7, 11) is 0. The van der Waals surface area contributed by atoms with Gasteiger partial charge in [-0.1, -0.05) is 0 Å². The summed E-state index contributed by atoms with van der Waals surface area (Å²) in [5.74, 6) is 0. The van der Waals surface area contributed by atoms with Crippen LogP contribution in [0.4, 0.5) is 0 Å². The molecule has 14 heavy (non-hydrogen) atoms. The Morgan fingerprint density at radius 1 is 1.50 bits per heavy atom. The number of rotatable bonds is 1. The van der Waals surface area contributed by atoms with Crippen LogP contribution in [0.2, 0.25) is 0 Å². The summed E-state index contributed by atoms with van der Waals surface area (Å²) in [5.41, 5.74) is 1.06. The van der Waals surface area contributed by atoms with E-state index >= 15 is 0 Å². The smallest absolute Gasteiger partial charge is 0.260 e. The Hall–Kier alpha value is -2.04. The Morgan fingerprint density at radius 2 is 2.29 bits per heavy atom. The van der Waals surface area contributed by atoms with E-state index in [0.29, 0.717) is 28.6 Å². The van der Waals surface area contributed by atoms with Gasteiger partial charge >= 0.3 is 0 Å². The maximum atomic E-state index is 11.3. The number of carbonyl (C=O) groups excluding carboxylic acids is 1. The molecule has 0 unspecified atom stereocenters. The van der Waals surface area contributed by atoms with Crippen LogP contribution in [0.15, 0.2) is 17.2 Å². The van der Waals surface area contributed by atoms with Crippen molar-refractivity contribution in [2.75, 3.05) is 0 Å². The van der Waals surface area contributed by atoms with Gasteiger partial charge in [0.2, 0.25) is 0 Å². The first-order chi connectivity index (χ1) is 6.72. The predicted octanol–water partition coefficient (Wildman–Crippen LogP) is 0.439. The number of hydrogen-bond acceptors (Lipinski definition) is 4. The summed E-state index contributed by atoms with van der Waals surface area (Å²) in [6.45, 7) is 1.70. The van der Waals surface area contributed by atoms with Crippen LogP contribution < -0.4 is 5.56 Å². The van der Waals surface area contributed by atoms with Gasteiger partial charge in [0.1, 0.15) is 0 Å². The van der Waals surface area contributed by atoms with Gasteiger partial charge in [0.15, 0.2) is 11.9 Å². The fraction of sp³-hybridized carbons (Fsp3) is 0.111. The van der Waals surface area contributed by atoms with Crippen LogP contribution in [0, 0.1) is 6.92 Å². The molecule has 5 nitrogen and oxygen atoms in total. The Labute approximate surface area is 78.8 Å². The topological polar surface area (TPSA) is 75.7 Å². The second-order valence-electron chi connectivity index (χ2n) is 2.88. The zero-order chi connectivity index (χ0) is 10.1. The molecular formula is C9H7N3O2. The van der Waals surface area contributed by atoms with Crippen molar-refractivity contribution in [3.63, 3.8) is 0 Å². The lowest BCUT2D eigenvalue weighted by Crippen LogP contribution is -2.08. The lowest BCUT2D eigenvalue weighted by molar-refractivity contribution is 0.112. The number of aryl methyl sites for hydroxylation is 1. The highest BCUT2D eigenvalue weighted by atomic mass is 16.1. The number of aromatic amines is 1. The Kier molecular flexibility index (Phi) is 1.85. The van der Waals surface area contributed by atoms with Gasteiger partial charge < -0.3 is 4.98 Å². The molecule has 0 aromatic carbocycles. The van der Waals surface area contributed by atoms with Gasteiger partial charge in [-0.15, -0.1) is 0 Å². The van der Waals surface area contributed by atoms with Crippen LogP contribution in [0.3, 0.4) is 0 Å². The van der Waals surface area contributed by atoms with E-state index in [0.717, 1.165) is 0 Å². The summed E-state index contributed by atoms with van der Waals surface area (Å²) >= 11 is 0. The molecule has 0 saturated carbocycles. The molecule has 0 aliphatic carbocycles. The molecule has 0 aliphatic heterocycles. The quantitative estimate of drug-likeness (QED) is 0.660. The van der Waals surface area contributed by atoms with Crippen molar-refractivity contribution < 1.29 is 4.79 Å². The van der Waals surface area contributed by atoms with E-state index in [1.165, 1.54) is 12.4 Å². The average Bonchev–Trinajstić information content (AvgIpc) is 2.17. The van der Waals surface area contributed by atoms with Crippen molar-refractivity contribution in [1.29, 1.82) is 0 Å². The van der Waals surface area contributed by atoms with Crippen LogP contribution >= 0.6 is 0 Å². The van der Waals surface area contributed by atoms with E-state index in [2.05, 4.69) is 15.0 Å². The highest BCUT2D eigenvalue weighted by molar-refractivity contribution is 5.84. The van der Waals surface area contributed by atoms with E-state index in [1.807, 2.05) is 0 Å². The van der Waals surface area contributed by atoms with Crippen molar-refractivity contribution in [2.45, 2.75) is 6.92 Å². The number of hydrogen-bond donors (Lipinski definition) is 1. The number of pyridine rings is 1. The first-order valence-electron chi connectivity index (χ1n) is 4.02. The molecular weight excluding hydrogens is 182 g/mol. The summed E-state index contributed by atoms with van der Waals surface area (Å²) in [6.07, 6.45) is 1.96. The van der Waals surface area contributed by atoms with Crippen molar-refractivity contribution in [1.82, 2.24) is 15.0 Å². The third kappa shape index (κ3) is 1.19. The molecule has 0 fully saturated rings. The monoisotopic (exact) mass is 189 g/mol. The van der Waals surface area contributed by atoms with Gasteiger partial charge in [0, 0.05) is 5.56 Å². The van der Waals surface area contributed by atoms with Gasteiger partial charge in [-0.05, 0) is 13.0 Å². The number of aromatic nitrogens is 3. The third-order valence-electron chi connectivity index (χ3n) is 1.99. The molecule has 0 bridgehead atoms. The first kappa shape index (κ1) is 8.55. The molecule has 0 saturated heterocycles. The first-order valence-corrected chi connectivity index (χ1v) is 4.02. The van der Waals surface area contributed by atoms with Crippen molar-refractivity contribution in [3.05, 3.63) is 34.0 Å². The lowest BCUT2D eigenvalue weighted by atomic mass is 10.2. The molecule has 0 aliphatic rings. The Balaban J connectivity index is 2.94. The fourth-order valence-corrected chi connectivity index (χ4v) is 1.22. The largest absolute Gasteiger partial charge is 0.313 e. The molecule has 5 heteroatoms. The molecule has 2 aromatic rings. The summed E-state index contributed by atoms with van der Waals surface area (Å²) < 4.78 is 0. The van der Waals surface area contributed by atoms with Gasteiger partial charge in [-0.2, -0.15) is 0 Å². The molecule has 70 valence electrons. The van der Waals surface area contributed by atoms with Crippen LogP contribution in [-0.2, 0) is 0 Å². The lowest BCUT2D eigenvalue weighted by Gasteiger charge is -1.99. The minimum absolute atomic E-state index is 0.286. The zero-order valence-corrected chi connectivity index (χ0v) is 7.44. The summed E-state index contributed by atoms with van der Waals surface area (Å²) in [5, 5.41) is 0.334. The predicted molar refractivity (Wildman–Crippen MR) is 50.3 cm³/mol. The molecule has 2 rings (SSSR count). The summed E-state index contributed by atoms with van der Waals surface area (Å²) in [6, 6.07) is 1.50. The van der Waals surface area contributed by atoms with Crippen LogP contribution in [0.1, 0.15) is 16.1 Å². The molecule has 0 atom stereocenters. The fourth-order valence-electron chi connectivity index (χ4n) is 1.22. The molecule has 2 heterocycles. The van der Waals surface area contributed by atoms with Crippen molar-refractivity contribution >= 4 is 17.3 Å². The molecule has 0 spiro atoms. The minimum Gasteiger partial charge on any atom is -0.313 e. The van der Waals surface area contributed by atoms with Gasteiger partial charge in [-0.25, -0.2) is 9.97 Å². The Morgan fingerprint density at radius 3 is 3.00 bits per heavy atom. The zero-order valence-electron chi connectivity index (χ0n) is 7.44. The number of H-pyrrole nitrogens is 1. The number of nitrogens with one attached hydrogen (secondary N) is 1. The van der Waals surface area contributed by atoms with Crippen LogP contribution in [0.25, 0.3) is 11.0 Å². The van der Waals surface area contributed by atoms with Gasteiger partial charge in [-0.3, -0.25) is 9.59 Å².